The van der Waals surface area contributed by atoms with E-state index >= 15 is 4.79 Å². The zero-order chi connectivity index (χ0) is 42.5. The summed E-state index contributed by atoms with van der Waals surface area (Å²) in [5.74, 6) is -4.50. The van der Waals surface area contributed by atoms with Crippen LogP contribution >= 0.6 is 0 Å². The van der Waals surface area contributed by atoms with E-state index in [1.165, 1.54) is 38.4 Å². The lowest BCUT2D eigenvalue weighted by Gasteiger charge is -2.45. The predicted molar refractivity (Wildman–Crippen MR) is 206 cm³/mol. The first-order valence-electron chi connectivity index (χ1n) is 19.6. The quantitative estimate of drug-likeness (QED) is 0.262. The second kappa shape index (κ2) is 15.9. The lowest BCUT2D eigenvalue weighted by atomic mass is 9.82. The summed E-state index contributed by atoms with van der Waals surface area (Å²) in [6.45, 7) is 6.92. The Hall–Kier alpha value is -4.61. The van der Waals surface area contributed by atoms with Gasteiger partial charge in [-0.1, -0.05) is 32.4 Å². The molecule has 4 aliphatic rings. The van der Waals surface area contributed by atoms with Gasteiger partial charge in [0.2, 0.25) is 27.7 Å². The Kier molecular flexibility index (Phi) is 11.8. The molecule has 2 aliphatic heterocycles. The van der Waals surface area contributed by atoms with E-state index < -0.39 is 91.9 Å². The van der Waals surface area contributed by atoms with Gasteiger partial charge in [0.25, 0.3) is 12.3 Å². The first-order valence-corrected chi connectivity index (χ1v) is 21.1. The van der Waals surface area contributed by atoms with Crippen LogP contribution in [0.1, 0.15) is 86.0 Å². The van der Waals surface area contributed by atoms with Gasteiger partial charge in [0.15, 0.2) is 0 Å². The molecule has 1 saturated heterocycles. The lowest BCUT2D eigenvalue weighted by Crippen LogP contribution is -2.65. The third-order valence-corrected chi connectivity index (χ3v) is 14.6. The molecule has 4 amide bonds. The number of carbonyl (C=O) groups is 4. The average Bonchev–Trinajstić information content (AvgIpc) is 4.04. The number of pyridine rings is 1. The molecule has 0 unspecified atom stereocenters. The van der Waals surface area contributed by atoms with Crippen LogP contribution in [0.4, 0.5) is 18.0 Å². The van der Waals surface area contributed by atoms with Crippen LogP contribution in [0.25, 0.3) is 10.8 Å². The number of methoxy groups -OCH3 is 1. The smallest absolute Gasteiger partial charge is 0.408 e. The van der Waals surface area contributed by atoms with E-state index in [1.807, 2.05) is 13.0 Å². The van der Waals surface area contributed by atoms with Gasteiger partial charge in [-0.3, -0.25) is 24.0 Å². The normalized spacial score (nSPS) is 28.8. The van der Waals surface area contributed by atoms with Gasteiger partial charge in [0, 0.05) is 17.7 Å². The van der Waals surface area contributed by atoms with Crippen LogP contribution in [-0.2, 0) is 24.4 Å². The van der Waals surface area contributed by atoms with E-state index in [-0.39, 0.29) is 49.4 Å². The summed E-state index contributed by atoms with van der Waals surface area (Å²) < 4.78 is 83.2. The third kappa shape index (κ3) is 8.04. The molecule has 1 aromatic carbocycles. The van der Waals surface area contributed by atoms with E-state index in [4.69, 9.17) is 9.47 Å². The minimum absolute atomic E-state index is 0.0549. The number of aromatic nitrogens is 1. The average molecular weight is 836 g/mol. The zero-order valence-corrected chi connectivity index (χ0v) is 34.3. The predicted octanol–water partition coefficient (Wildman–Crippen LogP) is 5.40. The molecule has 1 aromatic heterocycles. The SMILES string of the molecule is CC[C@@H]1C[C@H](C)CCC=C[C@@H]2C[C@@]2(C(=O)NS(=O)(=O)C2(C)CC2)NC(=O)[C@@H]2C[C@@H](Oc3ncc(OC)c4ccc(F)cc34)CN2C(=O)[C@H]1N(C(=O)O)C(C)(C)C(F)F. The molecule has 18 heteroatoms. The Morgan fingerprint density at radius 2 is 1.90 bits per heavy atom. The fourth-order valence-electron chi connectivity index (χ4n) is 8.34. The number of hydrogen-bond donors (Lipinski definition) is 3. The summed E-state index contributed by atoms with van der Waals surface area (Å²) in [4.78, 5) is 62.7. The van der Waals surface area contributed by atoms with E-state index in [2.05, 4.69) is 15.0 Å². The van der Waals surface area contributed by atoms with Gasteiger partial charge in [-0.25, -0.2) is 31.4 Å². The molecule has 0 radical (unpaired) electrons. The number of allylic oxidation sites excluding steroid dienone is 1. The first kappa shape index (κ1) is 43.0. The van der Waals surface area contributed by atoms with Gasteiger partial charge >= 0.3 is 6.09 Å². The minimum atomic E-state index is -4.11. The van der Waals surface area contributed by atoms with Crippen molar-refractivity contribution in [3.05, 3.63) is 42.4 Å². The van der Waals surface area contributed by atoms with Crippen LogP contribution < -0.4 is 19.5 Å². The summed E-state index contributed by atoms with van der Waals surface area (Å²) in [6, 6.07) is 0.773. The molecular formula is C40H52F3N5O9S. The number of sulfonamides is 1. The molecule has 14 nitrogen and oxygen atoms in total. The van der Waals surface area contributed by atoms with Crippen molar-refractivity contribution >= 4 is 44.6 Å². The van der Waals surface area contributed by atoms with Crippen molar-refractivity contribution < 1.29 is 55.3 Å². The monoisotopic (exact) mass is 835 g/mol. The van der Waals surface area contributed by atoms with Gasteiger partial charge in [-0.05, 0) is 89.3 Å². The number of hydrogen-bond acceptors (Lipinski definition) is 9. The maximum Gasteiger partial charge on any atom is 0.408 e. The van der Waals surface area contributed by atoms with Crippen LogP contribution in [0.5, 0.6) is 11.6 Å². The molecule has 2 saturated carbocycles. The van der Waals surface area contributed by atoms with Gasteiger partial charge in [-0.15, -0.1) is 0 Å². The number of benzene rings is 1. The Bertz CT molecular complexity index is 2100. The van der Waals surface area contributed by atoms with E-state index in [1.54, 1.807) is 13.0 Å². The van der Waals surface area contributed by atoms with E-state index in [0.29, 0.717) is 41.7 Å². The van der Waals surface area contributed by atoms with Crippen molar-refractivity contribution in [3.8, 4) is 11.6 Å². The molecule has 2 aromatic rings. The van der Waals surface area contributed by atoms with Crippen molar-refractivity contribution in [2.24, 2.45) is 17.8 Å². The number of halogens is 3. The lowest BCUT2D eigenvalue weighted by molar-refractivity contribution is -0.149. The zero-order valence-electron chi connectivity index (χ0n) is 33.5. The maximum atomic E-state index is 15.1. The highest BCUT2D eigenvalue weighted by Gasteiger charge is 2.63. The number of amides is 4. The maximum absolute atomic E-state index is 15.1. The number of nitrogens with one attached hydrogen (secondary N) is 2. The van der Waals surface area contributed by atoms with Crippen molar-refractivity contribution in [2.45, 2.75) is 126 Å². The van der Waals surface area contributed by atoms with Gasteiger partial charge in [-0.2, -0.15) is 0 Å². The molecular weight excluding hydrogens is 784 g/mol. The minimum Gasteiger partial charge on any atom is -0.494 e. The summed E-state index contributed by atoms with van der Waals surface area (Å²) in [6.07, 6.45) is 1.13. The molecule has 3 fully saturated rings. The van der Waals surface area contributed by atoms with Crippen LogP contribution in [0, 0.1) is 23.6 Å². The Morgan fingerprint density at radius 1 is 1.19 bits per heavy atom. The van der Waals surface area contributed by atoms with Crippen molar-refractivity contribution in [3.63, 3.8) is 0 Å². The summed E-state index contributed by atoms with van der Waals surface area (Å²) in [5, 5.41) is 14.0. The first-order chi connectivity index (χ1) is 27.2. The van der Waals surface area contributed by atoms with Crippen molar-refractivity contribution in [1.82, 2.24) is 24.8 Å². The van der Waals surface area contributed by atoms with Crippen LogP contribution in [-0.4, -0.2) is 106 Å². The fourth-order valence-corrected chi connectivity index (χ4v) is 9.65. The molecule has 0 bridgehead atoms. The molecule has 0 spiro atoms. The third-order valence-electron chi connectivity index (χ3n) is 12.5. The fraction of sp³-hybridized carbons (Fsp3) is 0.625. The highest BCUT2D eigenvalue weighted by molar-refractivity contribution is 7.91. The number of alkyl halides is 2. The van der Waals surface area contributed by atoms with Crippen molar-refractivity contribution in [2.75, 3.05) is 13.7 Å². The number of carboxylic acid groups (broad SMARTS) is 1. The Morgan fingerprint density at radius 3 is 2.52 bits per heavy atom. The highest BCUT2D eigenvalue weighted by atomic mass is 32.2. The standard InChI is InChI=1S/C40H52F3N5O9S/c1-7-23-16-22(2)10-8-9-11-24-19-40(24,36(51)46-58(54,55)39(5)14-15-39)45-32(49)29-18-26(57-33-28-17-25(41)12-13-27(28)30(56-6)20-44-33)21-47(29)34(50)31(23)48(37(52)53)38(3,4)35(42)43/h9,11-13,17,20,22-24,26,29,31,35H,7-8,10,14-16,18-19,21H2,1-6H3,(H,45,49)(H,46,51)(H,52,53)/t22-,23-,24-,26-,29+,31+,40-/m1/s1. The number of ether oxygens (including phenoxy) is 2. The van der Waals surface area contributed by atoms with Gasteiger partial charge < -0.3 is 24.8 Å². The number of rotatable bonds is 10. The molecule has 3 heterocycles. The summed E-state index contributed by atoms with van der Waals surface area (Å²) >= 11 is 0. The van der Waals surface area contributed by atoms with Gasteiger partial charge in [0.1, 0.15) is 40.8 Å². The molecule has 318 valence electrons. The molecule has 3 N–H and O–H groups in total. The second-order valence-electron chi connectivity index (χ2n) is 17.0. The van der Waals surface area contributed by atoms with Crippen LogP contribution in [0.2, 0.25) is 0 Å². The Balaban J connectivity index is 1.44. The van der Waals surface area contributed by atoms with E-state index in [9.17, 15) is 41.1 Å². The molecule has 58 heavy (non-hydrogen) atoms. The number of nitrogens with zero attached hydrogens (tertiary/aromatic N) is 3. The number of carbonyl (C=O) groups excluding carboxylic acids is 3. The van der Waals surface area contributed by atoms with Gasteiger partial charge in [0.05, 0.1) is 30.0 Å². The summed E-state index contributed by atoms with van der Waals surface area (Å²) in [5.41, 5.74) is -4.04. The molecule has 7 atom stereocenters. The summed E-state index contributed by atoms with van der Waals surface area (Å²) in [7, 11) is -2.70. The number of fused-ring (bicyclic) bond motifs is 3. The molecule has 6 rings (SSSR count). The largest absolute Gasteiger partial charge is 0.494 e. The second-order valence-corrected chi connectivity index (χ2v) is 19.2. The van der Waals surface area contributed by atoms with E-state index in [0.717, 1.165) is 18.7 Å². The highest BCUT2D eigenvalue weighted by Crippen LogP contribution is 2.48. The molecule has 2 aliphatic carbocycles. The van der Waals surface area contributed by atoms with Crippen LogP contribution in [0.3, 0.4) is 0 Å². The topological polar surface area (TPSA) is 185 Å². The van der Waals surface area contributed by atoms with Crippen molar-refractivity contribution in [1.29, 1.82) is 0 Å². The van der Waals surface area contributed by atoms with Crippen LogP contribution in [0.15, 0.2) is 36.5 Å². The Labute approximate surface area is 335 Å².